The van der Waals surface area contributed by atoms with Crippen LogP contribution < -0.4 is 10.2 Å². The summed E-state index contributed by atoms with van der Waals surface area (Å²) in [7, 11) is 0. The number of esters is 1. The molecule has 1 unspecified atom stereocenters. The van der Waals surface area contributed by atoms with Gasteiger partial charge in [-0.2, -0.15) is 0 Å². The Morgan fingerprint density at radius 3 is 2.48 bits per heavy atom. The molecule has 0 bridgehead atoms. The number of aryl methyl sites for hydroxylation is 1. The Balaban J connectivity index is 1.51. The molecule has 2 aromatic carbocycles. The second-order valence-electron chi connectivity index (χ2n) is 6.40. The summed E-state index contributed by atoms with van der Waals surface area (Å²) < 4.78 is 18.1. The van der Waals surface area contributed by atoms with Gasteiger partial charge in [0.2, 0.25) is 5.91 Å². The number of ether oxygens (including phenoxy) is 1. The van der Waals surface area contributed by atoms with Crippen LogP contribution in [0.15, 0.2) is 48.5 Å². The molecule has 1 fully saturated rings. The molecule has 0 radical (unpaired) electrons. The number of nitrogens with zero attached hydrogens (tertiary/aromatic N) is 1. The first-order chi connectivity index (χ1) is 12.9. The minimum absolute atomic E-state index is 0.00418. The van der Waals surface area contributed by atoms with E-state index < -0.39 is 30.2 Å². The minimum atomic E-state index is -0.658. The number of hydrogen-bond donors (Lipinski definition) is 1. The second kappa shape index (κ2) is 7.99. The molecule has 2 amide bonds. The van der Waals surface area contributed by atoms with E-state index in [-0.39, 0.29) is 18.9 Å². The lowest BCUT2D eigenvalue weighted by Crippen LogP contribution is -2.28. The van der Waals surface area contributed by atoms with E-state index in [0.29, 0.717) is 11.4 Å². The first kappa shape index (κ1) is 18.6. The van der Waals surface area contributed by atoms with Gasteiger partial charge in [0.15, 0.2) is 6.61 Å². The van der Waals surface area contributed by atoms with Crippen molar-refractivity contribution in [1.82, 2.24) is 0 Å². The quantitative estimate of drug-likeness (QED) is 0.821. The number of hydrogen-bond acceptors (Lipinski definition) is 4. The van der Waals surface area contributed by atoms with E-state index in [0.717, 1.165) is 5.56 Å². The highest BCUT2D eigenvalue weighted by atomic mass is 19.1. The van der Waals surface area contributed by atoms with Crippen LogP contribution in [0.3, 0.4) is 0 Å². The average molecular weight is 370 g/mol. The summed E-state index contributed by atoms with van der Waals surface area (Å²) in [6, 6.07) is 12.7. The normalized spacial score (nSPS) is 16.3. The molecule has 6 nitrogen and oxygen atoms in total. The Labute approximate surface area is 155 Å². The number of nitrogens with one attached hydrogen (secondary N) is 1. The van der Waals surface area contributed by atoms with Gasteiger partial charge >= 0.3 is 5.97 Å². The predicted octanol–water partition coefficient (Wildman–Crippen LogP) is 2.67. The molecule has 0 aliphatic carbocycles. The maximum Gasteiger partial charge on any atom is 0.311 e. The molecule has 140 valence electrons. The van der Waals surface area contributed by atoms with Gasteiger partial charge < -0.3 is 15.0 Å². The van der Waals surface area contributed by atoms with Crippen LogP contribution in [0.2, 0.25) is 0 Å². The SMILES string of the molecule is Cc1ccc(NC(=O)COC(=O)C2CC(=O)N(c3ccc(F)cc3)C2)cc1. The first-order valence-corrected chi connectivity index (χ1v) is 8.51. The molecule has 1 atom stereocenters. The van der Waals surface area contributed by atoms with Crippen LogP contribution in [0.25, 0.3) is 0 Å². The van der Waals surface area contributed by atoms with Crippen LogP contribution in [0.4, 0.5) is 15.8 Å². The number of carbonyl (C=O) groups excluding carboxylic acids is 3. The molecule has 1 aliphatic rings. The molecule has 2 aromatic rings. The van der Waals surface area contributed by atoms with Crippen LogP contribution in [-0.4, -0.2) is 30.9 Å². The van der Waals surface area contributed by atoms with Crippen LogP contribution in [-0.2, 0) is 19.1 Å². The zero-order chi connectivity index (χ0) is 19.4. The molecule has 0 spiro atoms. The maximum atomic E-state index is 13.0. The van der Waals surface area contributed by atoms with Crippen molar-refractivity contribution in [3.63, 3.8) is 0 Å². The average Bonchev–Trinajstić information content (AvgIpc) is 3.04. The van der Waals surface area contributed by atoms with Crippen molar-refractivity contribution in [1.29, 1.82) is 0 Å². The monoisotopic (exact) mass is 370 g/mol. The number of amides is 2. The molecule has 27 heavy (non-hydrogen) atoms. The van der Waals surface area contributed by atoms with Gasteiger partial charge in [-0.1, -0.05) is 17.7 Å². The van der Waals surface area contributed by atoms with Crippen molar-refractivity contribution in [2.45, 2.75) is 13.3 Å². The van der Waals surface area contributed by atoms with Gasteiger partial charge in [0.05, 0.1) is 5.92 Å². The molecule has 1 N–H and O–H groups in total. The lowest BCUT2D eigenvalue weighted by molar-refractivity contribution is -0.151. The summed E-state index contributed by atoms with van der Waals surface area (Å²) in [6.07, 6.45) is -0.00418. The highest BCUT2D eigenvalue weighted by Gasteiger charge is 2.36. The Bertz CT molecular complexity index is 849. The van der Waals surface area contributed by atoms with Gasteiger partial charge in [0.25, 0.3) is 5.91 Å². The van der Waals surface area contributed by atoms with Crippen molar-refractivity contribution >= 4 is 29.2 Å². The van der Waals surface area contributed by atoms with E-state index in [1.165, 1.54) is 29.2 Å². The molecular weight excluding hydrogens is 351 g/mol. The summed E-state index contributed by atoms with van der Waals surface area (Å²) in [5.74, 6) is -2.36. The van der Waals surface area contributed by atoms with Crippen molar-refractivity contribution in [2.75, 3.05) is 23.4 Å². The molecular formula is C20H19FN2O4. The lowest BCUT2D eigenvalue weighted by atomic mass is 10.1. The van der Waals surface area contributed by atoms with E-state index in [2.05, 4.69) is 5.32 Å². The van der Waals surface area contributed by atoms with E-state index in [4.69, 9.17) is 4.74 Å². The van der Waals surface area contributed by atoms with E-state index in [1.807, 2.05) is 19.1 Å². The van der Waals surface area contributed by atoms with Gasteiger partial charge in [0, 0.05) is 24.3 Å². The van der Waals surface area contributed by atoms with Crippen LogP contribution in [0.5, 0.6) is 0 Å². The fourth-order valence-corrected chi connectivity index (χ4v) is 2.82. The Hall–Kier alpha value is -3.22. The molecule has 7 heteroatoms. The van der Waals surface area contributed by atoms with E-state index >= 15 is 0 Å². The Morgan fingerprint density at radius 2 is 1.81 bits per heavy atom. The van der Waals surface area contributed by atoms with E-state index in [1.54, 1.807) is 12.1 Å². The third-order valence-electron chi connectivity index (χ3n) is 4.28. The highest BCUT2D eigenvalue weighted by Crippen LogP contribution is 2.26. The number of carbonyl (C=O) groups is 3. The molecule has 3 rings (SSSR count). The Morgan fingerprint density at radius 1 is 1.15 bits per heavy atom. The van der Waals surface area contributed by atoms with Gasteiger partial charge in [-0.3, -0.25) is 14.4 Å². The predicted molar refractivity (Wildman–Crippen MR) is 97.6 cm³/mol. The number of halogens is 1. The maximum absolute atomic E-state index is 13.0. The molecule has 1 heterocycles. The topological polar surface area (TPSA) is 75.7 Å². The third kappa shape index (κ3) is 4.69. The first-order valence-electron chi connectivity index (χ1n) is 8.51. The fraction of sp³-hybridized carbons (Fsp3) is 0.250. The summed E-state index contributed by atoms with van der Waals surface area (Å²) in [4.78, 5) is 37.6. The lowest BCUT2D eigenvalue weighted by Gasteiger charge is -2.16. The summed E-state index contributed by atoms with van der Waals surface area (Å²) in [6.45, 7) is 1.66. The standard InChI is InChI=1S/C20H19FN2O4/c1-13-2-6-16(7-3-13)22-18(24)12-27-20(26)14-10-19(25)23(11-14)17-8-4-15(21)5-9-17/h2-9,14H,10-12H2,1H3,(H,22,24). The van der Waals surface area contributed by atoms with E-state index in [9.17, 15) is 18.8 Å². The minimum Gasteiger partial charge on any atom is -0.455 e. The van der Waals surface area contributed by atoms with Crippen molar-refractivity contribution in [3.8, 4) is 0 Å². The molecule has 0 aromatic heterocycles. The molecule has 1 saturated heterocycles. The molecule has 1 aliphatic heterocycles. The smallest absolute Gasteiger partial charge is 0.311 e. The second-order valence-corrected chi connectivity index (χ2v) is 6.40. The van der Waals surface area contributed by atoms with Crippen LogP contribution >= 0.6 is 0 Å². The fourth-order valence-electron chi connectivity index (χ4n) is 2.82. The zero-order valence-electron chi connectivity index (χ0n) is 14.8. The van der Waals surface area contributed by atoms with Gasteiger partial charge in [-0.15, -0.1) is 0 Å². The largest absolute Gasteiger partial charge is 0.455 e. The Kier molecular flexibility index (Phi) is 5.49. The van der Waals surface area contributed by atoms with Gasteiger partial charge in [-0.05, 0) is 43.3 Å². The van der Waals surface area contributed by atoms with Crippen molar-refractivity contribution < 1.29 is 23.5 Å². The highest BCUT2D eigenvalue weighted by molar-refractivity contribution is 6.00. The van der Waals surface area contributed by atoms with Crippen molar-refractivity contribution in [2.24, 2.45) is 5.92 Å². The van der Waals surface area contributed by atoms with Gasteiger partial charge in [0.1, 0.15) is 5.82 Å². The zero-order valence-corrected chi connectivity index (χ0v) is 14.8. The number of benzene rings is 2. The number of anilines is 2. The van der Waals surface area contributed by atoms with Crippen LogP contribution in [0.1, 0.15) is 12.0 Å². The summed E-state index contributed by atoms with van der Waals surface area (Å²) in [5, 5.41) is 2.63. The number of rotatable bonds is 5. The van der Waals surface area contributed by atoms with Gasteiger partial charge in [-0.25, -0.2) is 4.39 Å². The summed E-state index contributed by atoms with van der Waals surface area (Å²) in [5.41, 5.74) is 2.20. The molecule has 0 saturated carbocycles. The third-order valence-corrected chi connectivity index (χ3v) is 4.28. The summed E-state index contributed by atoms with van der Waals surface area (Å²) >= 11 is 0. The van der Waals surface area contributed by atoms with Crippen LogP contribution in [0, 0.1) is 18.7 Å². The van der Waals surface area contributed by atoms with Crippen molar-refractivity contribution in [3.05, 3.63) is 59.9 Å².